The highest BCUT2D eigenvalue weighted by molar-refractivity contribution is 5.66. The van der Waals surface area contributed by atoms with E-state index in [0.29, 0.717) is 13.0 Å². The standard InChI is InChI=1S/C24H15F9O2/c25-14-5-11(20-3-1-2-4-34-20)6-15(26)21(14)12-7-16(27)22(17(28)8-12)24(32,33)35-13-9-18(29)23(31)19(30)10-13/h5-10,20H,1-4H2. The molecule has 1 aliphatic heterocycles. The normalized spacial score (nSPS) is 16.4. The topological polar surface area (TPSA) is 18.5 Å². The first-order chi connectivity index (χ1) is 16.5. The molecule has 11 heteroatoms. The van der Waals surface area contributed by atoms with Crippen LogP contribution in [0, 0.1) is 40.7 Å². The minimum Gasteiger partial charge on any atom is -0.429 e. The van der Waals surface area contributed by atoms with Crippen LogP contribution in [0.2, 0.25) is 0 Å². The third-order valence-electron chi connectivity index (χ3n) is 5.44. The van der Waals surface area contributed by atoms with Crippen LogP contribution in [-0.4, -0.2) is 6.61 Å². The second-order valence-corrected chi connectivity index (χ2v) is 7.85. The smallest absolute Gasteiger partial charge is 0.429 e. The zero-order chi connectivity index (χ0) is 25.5. The Morgan fingerprint density at radius 1 is 0.714 bits per heavy atom. The third kappa shape index (κ3) is 4.95. The molecule has 0 spiro atoms. The van der Waals surface area contributed by atoms with Gasteiger partial charge in [0.25, 0.3) is 0 Å². The van der Waals surface area contributed by atoms with Gasteiger partial charge in [0.1, 0.15) is 34.6 Å². The Bertz CT molecular complexity index is 1200. The van der Waals surface area contributed by atoms with Crippen LogP contribution in [0.15, 0.2) is 36.4 Å². The Balaban J connectivity index is 1.68. The van der Waals surface area contributed by atoms with E-state index in [1.807, 2.05) is 0 Å². The van der Waals surface area contributed by atoms with Crippen molar-refractivity contribution in [2.75, 3.05) is 6.61 Å². The molecule has 1 heterocycles. The van der Waals surface area contributed by atoms with Gasteiger partial charge >= 0.3 is 6.11 Å². The fraction of sp³-hybridized carbons (Fsp3) is 0.250. The molecule has 1 atom stereocenters. The molecule has 3 aromatic rings. The van der Waals surface area contributed by atoms with Crippen molar-refractivity contribution in [2.24, 2.45) is 0 Å². The molecule has 0 radical (unpaired) electrons. The molecule has 0 saturated carbocycles. The number of hydrogen-bond acceptors (Lipinski definition) is 2. The molecule has 2 nitrogen and oxygen atoms in total. The Hall–Kier alpha value is -3.21. The quantitative estimate of drug-likeness (QED) is 0.261. The fourth-order valence-corrected chi connectivity index (χ4v) is 3.84. The zero-order valence-corrected chi connectivity index (χ0v) is 17.6. The summed E-state index contributed by atoms with van der Waals surface area (Å²) in [5.41, 5.74) is -3.38. The summed E-state index contributed by atoms with van der Waals surface area (Å²) in [6, 6.07) is 2.51. The van der Waals surface area contributed by atoms with Gasteiger partial charge in [0.15, 0.2) is 17.5 Å². The monoisotopic (exact) mass is 506 g/mol. The molecule has 0 N–H and O–H groups in total. The number of alkyl halides is 2. The van der Waals surface area contributed by atoms with Crippen LogP contribution in [0.4, 0.5) is 39.5 Å². The zero-order valence-electron chi connectivity index (χ0n) is 17.6. The summed E-state index contributed by atoms with van der Waals surface area (Å²) in [5.74, 6) is -13.3. The molecule has 186 valence electrons. The minimum absolute atomic E-state index is 0.0544. The molecule has 1 fully saturated rings. The number of rotatable bonds is 5. The maximum absolute atomic E-state index is 14.7. The predicted octanol–water partition coefficient (Wildman–Crippen LogP) is 7.70. The molecule has 1 aliphatic rings. The number of halogens is 9. The van der Waals surface area contributed by atoms with E-state index in [1.165, 1.54) is 0 Å². The largest absolute Gasteiger partial charge is 0.432 e. The average Bonchev–Trinajstić information content (AvgIpc) is 2.76. The molecule has 0 aliphatic carbocycles. The van der Waals surface area contributed by atoms with Crippen molar-refractivity contribution in [3.63, 3.8) is 0 Å². The van der Waals surface area contributed by atoms with E-state index in [0.717, 1.165) is 25.0 Å². The van der Waals surface area contributed by atoms with Crippen LogP contribution >= 0.6 is 0 Å². The highest BCUT2D eigenvalue weighted by Crippen LogP contribution is 2.39. The molecular formula is C24H15F9O2. The molecule has 0 aromatic heterocycles. The van der Waals surface area contributed by atoms with Crippen molar-refractivity contribution >= 4 is 0 Å². The summed E-state index contributed by atoms with van der Waals surface area (Å²) < 4.78 is 137. The van der Waals surface area contributed by atoms with Crippen molar-refractivity contribution in [2.45, 2.75) is 31.5 Å². The first-order valence-electron chi connectivity index (χ1n) is 10.3. The summed E-state index contributed by atoms with van der Waals surface area (Å²) in [6.45, 7) is 0.404. The first-order valence-corrected chi connectivity index (χ1v) is 10.3. The van der Waals surface area contributed by atoms with Gasteiger partial charge in [-0.2, -0.15) is 8.78 Å². The predicted molar refractivity (Wildman–Crippen MR) is 105 cm³/mol. The van der Waals surface area contributed by atoms with Gasteiger partial charge in [-0.3, -0.25) is 0 Å². The molecule has 0 amide bonds. The van der Waals surface area contributed by atoms with E-state index in [1.54, 1.807) is 0 Å². The fourth-order valence-electron chi connectivity index (χ4n) is 3.84. The third-order valence-corrected chi connectivity index (χ3v) is 5.44. The van der Waals surface area contributed by atoms with Crippen molar-refractivity contribution in [3.05, 3.63) is 88.2 Å². The maximum Gasteiger partial charge on any atom is 0.432 e. The van der Waals surface area contributed by atoms with E-state index < -0.39 is 75.4 Å². The maximum atomic E-state index is 14.7. The van der Waals surface area contributed by atoms with Crippen LogP contribution in [0.5, 0.6) is 5.75 Å². The van der Waals surface area contributed by atoms with E-state index >= 15 is 0 Å². The number of hydrogen-bond donors (Lipinski definition) is 0. The van der Waals surface area contributed by atoms with E-state index in [9.17, 15) is 39.5 Å². The number of ether oxygens (including phenoxy) is 2. The second-order valence-electron chi connectivity index (χ2n) is 7.85. The van der Waals surface area contributed by atoms with Crippen molar-refractivity contribution < 1.29 is 49.0 Å². The van der Waals surface area contributed by atoms with Crippen LogP contribution in [-0.2, 0) is 10.8 Å². The Kier molecular flexibility index (Phi) is 6.72. The highest BCUT2D eigenvalue weighted by atomic mass is 19.3. The van der Waals surface area contributed by atoms with Gasteiger partial charge in [0, 0.05) is 18.7 Å². The molecule has 1 unspecified atom stereocenters. The second kappa shape index (κ2) is 9.44. The van der Waals surface area contributed by atoms with E-state index in [-0.39, 0.29) is 29.8 Å². The molecule has 4 rings (SSSR count). The van der Waals surface area contributed by atoms with Crippen LogP contribution in [0.1, 0.15) is 36.5 Å². The van der Waals surface area contributed by atoms with Crippen LogP contribution in [0.25, 0.3) is 11.1 Å². The minimum atomic E-state index is -4.83. The lowest BCUT2D eigenvalue weighted by molar-refractivity contribution is -0.189. The van der Waals surface area contributed by atoms with Crippen molar-refractivity contribution in [3.8, 4) is 16.9 Å². The summed E-state index contributed by atoms with van der Waals surface area (Å²) >= 11 is 0. The summed E-state index contributed by atoms with van der Waals surface area (Å²) in [6.07, 6.45) is -3.30. The Morgan fingerprint density at radius 2 is 1.29 bits per heavy atom. The van der Waals surface area contributed by atoms with Crippen LogP contribution < -0.4 is 4.74 Å². The van der Waals surface area contributed by atoms with Crippen molar-refractivity contribution in [1.29, 1.82) is 0 Å². The molecule has 35 heavy (non-hydrogen) atoms. The van der Waals surface area contributed by atoms with E-state index in [2.05, 4.69) is 4.74 Å². The summed E-state index contributed by atoms with van der Waals surface area (Å²) in [4.78, 5) is 0. The Morgan fingerprint density at radius 3 is 1.80 bits per heavy atom. The molecular weight excluding hydrogens is 491 g/mol. The van der Waals surface area contributed by atoms with E-state index in [4.69, 9.17) is 4.74 Å². The molecule has 0 bridgehead atoms. The summed E-state index contributed by atoms with van der Waals surface area (Å²) in [7, 11) is 0. The van der Waals surface area contributed by atoms with Gasteiger partial charge in [0.05, 0.1) is 11.7 Å². The van der Waals surface area contributed by atoms with Gasteiger partial charge in [0.2, 0.25) is 0 Å². The van der Waals surface area contributed by atoms with Crippen LogP contribution in [0.3, 0.4) is 0 Å². The van der Waals surface area contributed by atoms with Gasteiger partial charge in [-0.05, 0) is 54.7 Å². The lowest BCUT2D eigenvalue weighted by Gasteiger charge is -2.23. The molecule has 1 saturated heterocycles. The Labute approximate surface area is 192 Å². The van der Waals surface area contributed by atoms with Crippen molar-refractivity contribution in [1.82, 2.24) is 0 Å². The number of benzene rings is 3. The lowest BCUT2D eigenvalue weighted by Crippen LogP contribution is -2.25. The summed E-state index contributed by atoms with van der Waals surface area (Å²) in [5, 5.41) is 0. The van der Waals surface area contributed by atoms with Gasteiger partial charge in [-0.15, -0.1) is 0 Å². The average molecular weight is 506 g/mol. The lowest BCUT2D eigenvalue weighted by atomic mass is 9.96. The first kappa shape index (κ1) is 24.9. The van der Waals surface area contributed by atoms with Gasteiger partial charge in [-0.1, -0.05) is 0 Å². The van der Waals surface area contributed by atoms with Gasteiger partial charge in [-0.25, -0.2) is 30.7 Å². The SMILES string of the molecule is Fc1cc(OC(F)(F)c2c(F)cc(-c3c(F)cc(C4CCCCO4)cc3F)cc2F)cc(F)c1F. The van der Waals surface area contributed by atoms with Gasteiger partial charge < -0.3 is 9.47 Å². The molecule has 3 aromatic carbocycles. The highest BCUT2D eigenvalue weighted by Gasteiger charge is 2.42.